The minimum absolute atomic E-state index is 0. The molecule has 3 N–H and O–H groups in total. The molecule has 0 aliphatic heterocycles. The second kappa shape index (κ2) is 8.71. The third-order valence-electron chi connectivity index (χ3n) is 4.52. The zero-order valence-corrected chi connectivity index (χ0v) is 18.1. The molecule has 3 aromatic carbocycles. The fourth-order valence-corrected chi connectivity index (χ4v) is 3.91. The Bertz CT molecular complexity index is 1260. The van der Waals surface area contributed by atoms with Gasteiger partial charge >= 0.3 is 29.6 Å². The van der Waals surface area contributed by atoms with Crippen LogP contribution in [0.1, 0.15) is 39.3 Å². The average molecular weight is 432 g/mol. The number of rotatable bonds is 3. The van der Waals surface area contributed by atoms with E-state index in [1.54, 1.807) is 42.5 Å². The van der Waals surface area contributed by atoms with Gasteiger partial charge in [0.05, 0.1) is 27.4 Å². The number of para-hydroxylation sites is 1. The van der Waals surface area contributed by atoms with E-state index >= 15 is 0 Å². The Morgan fingerprint density at radius 2 is 1.33 bits per heavy atom. The zero-order chi connectivity index (χ0) is 20.1. The van der Waals surface area contributed by atoms with E-state index in [4.69, 9.17) is 5.73 Å². The molecule has 0 heterocycles. The van der Waals surface area contributed by atoms with Crippen molar-refractivity contribution in [2.45, 2.75) is 12.3 Å². The summed E-state index contributed by atoms with van der Waals surface area (Å²) in [5, 5.41) is 2.92. The number of nitrogens with two attached hydrogens (primary N) is 1. The summed E-state index contributed by atoms with van der Waals surface area (Å²) in [6.07, 6.45) is 0. The Morgan fingerprint density at radius 1 is 0.833 bits per heavy atom. The topological polar surface area (TPSA) is 129 Å². The van der Waals surface area contributed by atoms with Gasteiger partial charge in [-0.3, -0.25) is 9.59 Å². The first kappa shape index (κ1) is 23.8. The predicted octanol–water partition coefficient (Wildman–Crippen LogP) is 0.332. The van der Waals surface area contributed by atoms with Crippen molar-refractivity contribution in [3.63, 3.8) is 0 Å². The third kappa shape index (κ3) is 3.92. The Morgan fingerprint density at radius 3 is 1.87 bits per heavy atom. The second-order valence-electron chi connectivity index (χ2n) is 6.23. The number of carbonyl (C=O) groups is 2. The largest absolute Gasteiger partial charge is 1.00 e. The molecular formula is C21H17N2NaO5S. The standard InChI is InChI=1S/C20H14N2O5S.CH4.Na/c21-18-15(28(25,26)27)10-14(22-11-6-2-1-3-7-11)16-17(18)20(24)13-9-5-4-8-12(13)19(16)23;;/h1-10,22H,21H2,(H,25,26,27);1H4;/q;;+1/p-1. The number of nitrogen functional groups attached to an aromatic ring is 1. The SMILES string of the molecule is C.Nc1c(S(=O)(=O)[O-])cc(Nc2ccccc2)c2c1C(=O)c1ccccc1C2=O.[Na+]. The second-order valence-corrected chi connectivity index (χ2v) is 7.58. The summed E-state index contributed by atoms with van der Waals surface area (Å²) < 4.78 is 35.2. The van der Waals surface area contributed by atoms with Crippen LogP contribution < -0.4 is 40.6 Å². The van der Waals surface area contributed by atoms with Crippen LogP contribution in [0.15, 0.2) is 65.6 Å². The zero-order valence-electron chi connectivity index (χ0n) is 15.3. The number of ketones is 2. The van der Waals surface area contributed by atoms with Gasteiger partial charge in [0.2, 0.25) is 0 Å². The van der Waals surface area contributed by atoms with Crippen LogP contribution >= 0.6 is 0 Å². The molecular weight excluding hydrogens is 415 g/mol. The number of hydrogen-bond donors (Lipinski definition) is 2. The van der Waals surface area contributed by atoms with E-state index in [0.29, 0.717) is 5.69 Å². The monoisotopic (exact) mass is 432 g/mol. The Kier molecular flexibility index (Phi) is 6.90. The minimum Gasteiger partial charge on any atom is -0.744 e. The van der Waals surface area contributed by atoms with Crippen LogP contribution in [-0.2, 0) is 10.1 Å². The van der Waals surface area contributed by atoms with Crippen molar-refractivity contribution in [2.24, 2.45) is 0 Å². The first-order chi connectivity index (χ1) is 13.3. The van der Waals surface area contributed by atoms with E-state index < -0.39 is 32.3 Å². The maximum atomic E-state index is 13.1. The van der Waals surface area contributed by atoms with E-state index in [2.05, 4.69) is 5.32 Å². The van der Waals surface area contributed by atoms with E-state index in [1.807, 2.05) is 0 Å². The number of fused-ring (bicyclic) bond motifs is 2. The van der Waals surface area contributed by atoms with Crippen molar-refractivity contribution >= 4 is 38.7 Å². The van der Waals surface area contributed by atoms with Crippen LogP contribution in [0.5, 0.6) is 0 Å². The number of nitrogens with one attached hydrogen (secondary N) is 1. The summed E-state index contributed by atoms with van der Waals surface area (Å²) in [5.41, 5.74) is 5.90. The first-order valence-corrected chi connectivity index (χ1v) is 9.62. The van der Waals surface area contributed by atoms with Crippen LogP contribution in [0.25, 0.3) is 0 Å². The molecule has 7 nitrogen and oxygen atoms in total. The van der Waals surface area contributed by atoms with Crippen LogP contribution in [0.2, 0.25) is 0 Å². The summed E-state index contributed by atoms with van der Waals surface area (Å²) in [6, 6.07) is 15.8. The smallest absolute Gasteiger partial charge is 0.744 e. The quantitative estimate of drug-likeness (QED) is 0.271. The van der Waals surface area contributed by atoms with Gasteiger partial charge in [0, 0.05) is 16.8 Å². The molecule has 1 aliphatic carbocycles. The van der Waals surface area contributed by atoms with Crippen molar-refractivity contribution in [1.29, 1.82) is 0 Å². The fraction of sp³-hybridized carbons (Fsp3) is 0.0476. The molecule has 0 saturated heterocycles. The Hall–Kier alpha value is -2.49. The molecule has 0 spiro atoms. The summed E-state index contributed by atoms with van der Waals surface area (Å²) >= 11 is 0. The van der Waals surface area contributed by atoms with Crippen LogP contribution in [-0.4, -0.2) is 24.5 Å². The maximum Gasteiger partial charge on any atom is 1.00 e. The molecule has 148 valence electrons. The van der Waals surface area contributed by atoms with Gasteiger partial charge in [-0.2, -0.15) is 0 Å². The van der Waals surface area contributed by atoms with Crippen molar-refractivity contribution in [3.8, 4) is 0 Å². The number of hydrogen-bond acceptors (Lipinski definition) is 7. The van der Waals surface area contributed by atoms with Gasteiger partial charge in [0.15, 0.2) is 11.6 Å². The first-order valence-electron chi connectivity index (χ1n) is 8.22. The number of carbonyl (C=O) groups excluding carboxylic acids is 2. The van der Waals surface area contributed by atoms with E-state index in [9.17, 15) is 22.6 Å². The Balaban J connectivity index is 0.00000160. The molecule has 0 aromatic heterocycles. The van der Waals surface area contributed by atoms with Crippen LogP contribution in [0.3, 0.4) is 0 Å². The average Bonchev–Trinajstić information content (AvgIpc) is 2.67. The van der Waals surface area contributed by atoms with E-state index in [1.165, 1.54) is 12.1 Å². The van der Waals surface area contributed by atoms with E-state index in [0.717, 1.165) is 6.07 Å². The molecule has 0 radical (unpaired) electrons. The molecule has 3 aromatic rings. The summed E-state index contributed by atoms with van der Waals surface area (Å²) in [6.45, 7) is 0. The van der Waals surface area contributed by atoms with Gasteiger partial charge in [0.25, 0.3) is 0 Å². The molecule has 0 atom stereocenters. The maximum absolute atomic E-state index is 13.1. The van der Waals surface area contributed by atoms with Crippen LogP contribution in [0.4, 0.5) is 17.1 Å². The van der Waals surface area contributed by atoms with Gasteiger partial charge in [-0.25, -0.2) is 8.42 Å². The molecule has 1 aliphatic rings. The van der Waals surface area contributed by atoms with Crippen molar-refractivity contribution in [2.75, 3.05) is 11.1 Å². The normalized spacial score (nSPS) is 12.2. The van der Waals surface area contributed by atoms with Crippen molar-refractivity contribution in [3.05, 3.63) is 82.9 Å². The number of benzene rings is 3. The number of anilines is 3. The Labute approximate surface area is 196 Å². The molecule has 9 heteroatoms. The van der Waals surface area contributed by atoms with Gasteiger partial charge in [-0.15, -0.1) is 0 Å². The fourth-order valence-electron chi connectivity index (χ4n) is 3.28. The molecule has 30 heavy (non-hydrogen) atoms. The molecule has 0 fully saturated rings. The molecule has 0 unspecified atom stereocenters. The summed E-state index contributed by atoms with van der Waals surface area (Å²) in [4.78, 5) is 25.4. The predicted molar refractivity (Wildman–Crippen MR) is 109 cm³/mol. The van der Waals surface area contributed by atoms with Gasteiger partial charge in [-0.1, -0.05) is 49.9 Å². The minimum atomic E-state index is -4.98. The molecule has 0 saturated carbocycles. The molecule has 4 rings (SSSR count). The van der Waals surface area contributed by atoms with Crippen molar-refractivity contribution in [1.82, 2.24) is 0 Å². The molecule has 0 bridgehead atoms. The van der Waals surface area contributed by atoms with Crippen LogP contribution in [0, 0.1) is 0 Å². The molecule has 0 amide bonds. The van der Waals surface area contributed by atoms with Crippen molar-refractivity contribution < 1.29 is 52.1 Å². The van der Waals surface area contributed by atoms with E-state index in [-0.39, 0.29) is 64.9 Å². The summed E-state index contributed by atoms with van der Waals surface area (Å²) in [5.74, 6) is -1.09. The summed E-state index contributed by atoms with van der Waals surface area (Å²) in [7, 11) is -4.98. The van der Waals surface area contributed by atoms with Gasteiger partial charge in [0.1, 0.15) is 10.1 Å². The van der Waals surface area contributed by atoms with Gasteiger partial charge in [-0.05, 0) is 18.2 Å². The van der Waals surface area contributed by atoms with Gasteiger partial charge < -0.3 is 15.6 Å². The third-order valence-corrected chi connectivity index (χ3v) is 5.40.